The van der Waals surface area contributed by atoms with Crippen molar-refractivity contribution in [3.8, 4) is 17.2 Å². The lowest BCUT2D eigenvalue weighted by molar-refractivity contribution is -0.149. The number of carbonyl (C=O) groups excluding carboxylic acids is 1. The largest absolute Gasteiger partial charge is 0.493 e. The Morgan fingerprint density at radius 3 is 1.94 bits per heavy atom. The van der Waals surface area contributed by atoms with Crippen molar-refractivity contribution in [2.24, 2.45) is 0 Å². The number of carbonyl (C=O) groups is 1. The molecule has 3 aromatic rings. The Bertz CT molecular complexity index is 1020. The predicted molar refractivity (Wildman–Crippen MR) is 125 cm³/mol. The maximum absolute atomic E-state index is 12.3. The topological polar surface area (TPSA) is 54.0 Å². The minimum atomic E-state index is -0.857. The van der Waals surface area contributed by atoms with E-state index in [9.17, 15) is 4.79 Å². The third-order valence-electron chi connectivity index (χ3n) is 4.97. The second-order valence-corrected chi connectivity index (χ2v) is 7.78. The molecule has 1 atom stereocenters. The SMILES string of the molecule is COC(=O)C(Oc1ccc(C)c(C)c1)c1ccc(OCCCOc2ccc(Cl)cc2)cc1. The summed E-state index contributed by atoms with van der Waals surface area (Å²) >= 11 is 5.86. The van der Waals surface area contributed by atoms with Crippen LogP contribution in [-0.4, -0.2) is 26.3 Å². The molecule has 32 heavy (non-hydrogen) atoms. The van der Waals surface area contributed by atoms with Gasteiger partial charge in [-0.25, -0.2) is 4.79 Å². The summed E-state index contributed by atoms with van der Waals surface area (Å²) in [6.45, 7) is 5.07. The van der Waals surface area contributed by atoms with Crippen LogP contribution >= 0.6 is 11.6 Å². The Labute approximate surface area is 193 Å². The van der Waals surface area contributed by atoms with Crippen LogP contribution in [0.3, 0.4) is 0 Å². The number of ether oxygens (including phenoxy) is 4. The molecular weight excluding hydrogens is 428 g/mol. The third kappa shape index (κ3) is 6.66. The first kappa shape index (κ1) is 23.5. The zero-order valence-corrected chi connectivity index (χ0v) is 19.2. The van der Waals surface area contributed by atoms with Crippen molar-refractivity contribution >= 4 is 17.6 Å². The first-order valence-corrected chi connectivity index (χ1v) is 10.8. The minimum absolute atomic E-state index is 0.462. The van der Waals surface area contributed by atoms with Crippen molar-refractivity contribution in [2.75, 3.05) is 20.3 Å². The molecule has 0 aromatic heterocycles. The van der Waals surface area contributed by atoms with Crippen LogP contribution in [0.25, 0.3) is 0 Å². The number of methoxy groups -OCH3 is 1. The molecule has 0 radical (unpaired) electrons. The Balaban J connectivity index is 1.53. The van der Waals surface area contributed by atoms with Crippen molar-refractivity contribution in [3.63, 3.8) is 0 Å². The van der Waals surface area contributed by atoms with E-state index < -0.39 is 12.1 Å². The van der Waals surface area contributed by atoms with Gasteiger partial charge in [0.2, 0.25) is 6.10 Å². The summed E-state index contributed by atoms with van der Waals surface area (Å²) in [5.74, 6) is 1.63. The molecule has 0 fully saturated rings. The van der Waals surface area contributed by atoms with E-state index in [-0.39, 0.29) is 0 Å². The summed E-state index contributed by atoms with van der Waals surface area (Å²) in [7, 11) is 1.35. The number of hydrogen-bond acceptors (Lipinski definition) is 5. The van der Waals surface area contributed by atoms with Crippen molar-refractivity contribution in [3.05, 3.63) is 88.4 Å². The van der Waals surface area contributed by atoms with Gasteiger partial charge in [-0.3, -0.25) is 0 Å². The van der Waals surface area contributed by atoms with Crippen LogP contribution in [0.2, 0.25) is 5.02 Å². The van der Waals surface area contributed by atoms with Crippen molar-refractivity contribution < 1.29 is 23.7 Å². The van der Waals surface area contributed by atoms with Gasteiger partial charge in [0, 0.05) is 17.0 Å². The van der Waals surface area contributed by atoms with Gasteiger partial charge in [-0.1, -0.05) is 29.8 Å². The van der Waals surface area contributed by atoms with Gasteiger partial charge in [0.1, 0.15) is 17.2 Å². The van der Waals surface area contributed by atoms with Gasteiger partial charge < -0.3 is 18.9 Å². The fraction of sp³-hybridized carbons (Fsp3) is 0.269. The lowest BCUT2D eigenvalue weighted by Gasteiger charge is -2.18. The Morgan fingerprint density at radius 1 is 0.812 bits per heavy atom. The van der Waals surface area contributed by atoms with Gasteiger partial charge in [0.05, 0.1) is 20.3 Å². The summed E-state index contributed by atoms with van der Waals surface area (Å²) < 4.78 is 22.3. The summed E-state index contributed by atoms with van der Waals surface area (Å²) in [4.78, 5) is 12.3. The molecule has 1 unspecified atom stereocenters. The van der Waals surface area contributed by atoms with Crippen molar-refractivity contribution in [1.29, 1.82) is 0 Å². The third-order valence-corrected chi connectivity index (χ3v) is 5.22. The first-order chi connectivity index (χ1) is 15.5. The average molecular weight is 455 g/mol. The second-order valence-electron chi connectivity index (χ2n) is 7.34. The smallest absolute Gasteiger partial charge is 0.351 e. The lowest BCUT2D eigenvalue weighted by Crippen LogP contribution is -2.20. The Kier molecular flexibility index (Phi) is 8.40. The van der Waals surface area contributed by atoms with Crippen LogP contribution in [0.4, 0.5) is 0 Å². The van der Waals surface area contributed by atoms with Gasteiger partial charge in [-0.05, 0) is 73.5 Å². The first-order valence-electron chi connectivity index (χ1n) is 10.4. The number of hydrogen-bond donors (Lipinski definition) is 0. The van der Waals surface area contributed by atoms with Gasteiger partial charge in [0.25, 0.3) is 0 Å². The van der Waals surface area contributed by atoms with Crippen molar-refractivity contribution in [2.45, 2.75) is 26.4 Å². The molecule has 6 heteroatoms. The van der Waals surface area contributed by atoms with E-state index in [0.717, 1.165) is 23.3 Å². The van der Waals surface area contributed by atoms with Gasteiger partial charge in [-0.15, -0.1) is 0 Å². The molecule has 5 nitrogen and oxygen atoms in total. The molecule has 0 aliphatic heterocycles. The molecule has 0 saturated carbocycles. The van der Waals surface area contributed by atoms with Crippen LogP contribution in [0, 0.1) is 13.8 Å². The molecule has 3 rings (SSSR count). The number of esters is 1. The fourth-order valence-electron chi connectivity index (χ4n) is 2.99. The van der Waals surface area contributed by atoms with Gasteiger partial charge in [-0.2, -0.15) is 0 Å². The van der Waals surface area contributed by atoms with E-state index in [4.69, 9.17) is 30.5 Å². The number of rotatable bonds is 10. The standard InChI is InChI=1S/C26H27ClO5/c1-18-5-10-24(17-19(18)2)32-25(26(28)29-3)20-6-11-22(12-7-20)30-15-4-16-31-23-13-8-21(27)9-14-23/h5-14,17,25H,4,15-16H2,1-3H3. The highest BCUT2D eigenvalue weighted by molar-refractivity contribution is 6.30. The zero-order valence-electron chi connectivity index (χ0n) is 18.5. The summed E-state index contributed by atoms with van der Waals surface area (Å²) in [6.07, 6.45) is -0.130. The second kappa shape index (κ2) is 11.4. The highest BCUT2D eigenvalue weighted by atomic mass is 35.5. The maximum Gasteiger partial charge on any atom is 0.351 e. The van der Waals surface area contributed by atoms with E-state index in [1.807, 2.05) is 68.4 Å². The Morgan fingerprint density at radius 2 is 1.38 bits per heavy atom. The molecule has 0 bridgehead atoms. The molecule has 0 aliphatic carbocycles. The average Bonchev–Trinajstić information content (AvgIpc) is 2.81. The molecule has 0 N–H and O–H groups in total. The summed E-state index contributed by atoms with van der Waals surface area (Å²) in [5, 5.41) is 0.679. The molecule has 0 aliphatic rings. The molecule has 168 valence electrons. The Hall–Kier alpha value is -3.18. The normalized spacial score (nSPS) is 11.5. The number of halogens is 1. The van der Waals surface area contributed by atoms with E-state index in [1.54, 1.807) is 12.1 Å². The zero-order chi connectivity index (χ0) is 22.9. The minimum Gasteiger partial charge on any atom is -0.493 e. The van der Waals surface area contributed by atoms with E-state index >= 15 is 0 Å². The summed E-state index contributed by atoms with van der Waals surface area (Å²) in [6, 6.07) is 20.2. The van der Waals surface area contributed by atoms with Crippen LogP contribution < -0.4 is 14.2 Å². The monoisotopic (exact) mass is 454 g/mol. The molecule has 0 saturated heterocycles. The maximum atomic E-state index is 12.3. The van der Waals surface area contributed by atoms with Crippen LogP contribution in [0.15, 0.2) is 66.7 Å². The quantitative estimate of drug-likeness (QED) is 0.274. The molecular formula is C26H27ClO5. The van der Waals surface area contributed by atoms with E-state index in [0.29, 0.717) is 35.3 Å². The summed E-state index contributed by atoms with van der Waals surface area (Å²) in [5.41, 5.74) is 2.94. The highest BCUT2D eigenvalue weighted by Gasteiger charge is 2.24. The predicted octanol–water partition coefficient (Wildman–Crippen LogP) is 6.10. The van der Waals surface area contributed by atoms with E-state index in [1.165, 1.54) is 7.11 Å². The van der Waals surface area contributed by atoms with Gasteiger partial charge >= 0.3 is 5.97 Å². The highest BCUT2D eigenvalue weighted by Crippen LogP contribution is 2.26. The molecule has 0 spiro atoms. The van der Waals surface area contributed by atoms with Gasteiger partial charge in [0.15, 0.2) is 0 Å². The fourth-order valence-corrected chi connectivity index (χ4v) is 3.12. The van der Waals surface area contributed by atoms with Crippen molar-refractivity contribution in [1.82, 2.24) is 0 Å². The number of benzene rings is 3. The molecule has 0 amide bonds. The van der Waals surface area contributed by atoms with Crippen LogP contribution in [0.1, 0.15) is 29.2 Å². The molecule has 0 heterocycles. The van der Waals surface area contributed by atoms with Crippen LogP contribution in [-0.2, 0) is 9.53 Å². The molecule has 3 aromatic carbocycles. The van der Waals surface area contributed by atoms with E-state index in [2.05, 4.69) is 0 Å². The van der Waals surface area contributed by atoms with Crippen LogP contribution in [0.5, 0.6) is 17.2 Å². The lowest BCUT2D eigenvalue weighted by atomic mass is 10.1. The number of aryl methyl sites for hydroxylation is 2.